The lowest BCUT2D eigenvalue weighted by molar-refractivity contribution is -0.870. The van der Waals surface area contributed by atoms with Crippen LogP contribution in [0.2, 0.25) is 0 Å². The first-order valence-corrected chi connectivity index (χ1v) is 19.0. The second-order valence-electron chi connectivity index (χ2n) is 12.6. The molecule has 0 saturated carbocycles. The summed E-state index contributed by atoms with van der Waals surface area (Å²) in [6, 6.07) is 8.96. The number of rotatable bonds is 29. The summed E-state index contributed by atoms with van der Waals surface area (Å²) < 4.78 is 35.1. The van der Waals surface area contributed by atoms with Gasteiger partial charge in [0.1, 0.15) is 19.3 Å². The monoisotopic (exact) mass is 730 g/mol. The minimum Gasteiger partial charge on any atom is -0.379 e. The molecule has 0 radical (unpaired) electrons. The van der Waals surface area contributed by atoms with Crippen molar-refractivity contribution in [3.8, 4) is 0 Å². The van der Waals surface area contributed by atoms with E-state index in [1.54, 1.807) is 7.11 Å². The largest absolute Gasteiger partial charge is 0.472 e. The van der Waals surface area contributed by atoms with Gasteiger partial charge in [0, 0.05) is 17.3 Å². The van der Waals surface area contributed by atoms with E-state index in [-0.39, 0.29) is 13.2 Å². The van der Waals surface area contributed by atoms with Crippen molar-refractivity contribution in [2.75, 3.05) is 61.2 Å². The van der Waals surface area contributed by atoms with Gasteiger partial charge in [0.2, 0.25) is 0 Å². The maximum Gasteiger partial charge on any atom is 0.472 e. The molecule has 0 spiro atoms. The van der Waals surface area contributed by atoms with Crippen LogP contribution in [0.25, 0.3) is 0 Å². The number of quaternary nitrogens is 1. The van der Waals surface area contributed by atoms with Crippen molar-refractivity contribution in [1.29, 1.82) is 0 Å². The molecule has 1 aromatic rings. The van der Waals surface area contributed by atoms with Gasteiger partial charge < -0.3 is 18.9 Å². The van der Waals surface area contributed by atoms with Crippen molar-refractivity contribution in [2.24, 2.45) is 0 Å². The molecule has 1 rings (SSSR count). The van der Waals surface area contributed by atoms with E-state index in [4.69, 9.17) is 18.5 Å². The third-order valence-electron chi connectivity index (χ3n) is 7.49. The van der Waals surface area contributed by atoms with Crippen LogP contribution in [-0.2, 0) is 29.5 Å². The smallest absolute Gasteiger partial charge is 0.379 e. The number of benzene rings is 1. The number of hydrogen-bond donors (Lipinski definition) is 1. The zero-order chi connectivity index (χ0) is 30.9. The van der Waals surface area contributed by atoms with Crippen LogP contribution in [0.15, 0.2) is 24.3 Å². The molecular weight excluding hydrogens is 668 g/mol. The van der Waals surface area contributed by atoms with E-state index in [9.17, 15) is 9.46 Å². The maximum atomic E-state index is 12.0. The number of phosphoric acid groups is 1. The van der Waals surface area contributed by atoms with Gasteiger partial charge in [-0.3, -0.25) is 9.05 Å². The number of hydrogen-bond acceptors (Lipinski definition) is 5. The second-order valence-corrected chi connectivity index (χ2v) is 15.3. The lowest BCUT2D eigenvalue weighted by Crippen LogP contribution is -2.37. The molecule has 2 atom stereocenters. The lowest BCUT2D eigenvalue weighted by atomic mass is 10.0. The van der Waals surface area contributed by atoms with Crippen molar-refractivity contribution >= 4 is 30.4 Å². The molecule has 0 fully saturated rings. The van der Waals surface area contributed by atoms with Gasteiger partial charge in [0.15, 0.2) is 0 Å². The molecule has 42 heavy (non-hydrogen) atoms. The zero-order valence-electron chi connectivity index (χ0n) is 27.2. The molecular formula is C33H62INO6P+. The number of unbranched alkanes of at least 4 members (excludes halogenated alkanes) is 15. The summed E-state index contributed by atoms with van der Waals surface area (Å²) in [5.74, 6) is 0. The molecule has 0 aliphatic heterocycles. The Morgan fingerprint density at radius 3 is 1.67 bits per heavy atom. The Bertz CT molecular complexity index is 805. The van der Waals surface area contributed by atoms with Crippen LogP contribution in [0.4, 0.5) is 0 Å². The Kier molecular flexibility index (Phi) is 23.9. The number of halogens is 1. The number of methoxy groups -OCH3 is 1. The van der Waals surface area contributed by atoms with E-state index >= 15 is 0 Å². The average molecular weight is 731 g/mol. The van der Waals surface area contributed by atoms with Gasteiger partial charge in [-0.2, -0.15) is 0 Å². The normalized spacial score (nSPS) is 14.2. The van der Waals surface area contributed by atoms with Crippen LogP contribution < -0.4 is 0 Å². The predicted octanol–water partition coefficient (Wildman–Crippen LogP) is 8.95. The summed E-state index contributed by atoms with van der Waals surface area (Å²) in [5.41, 5.74) is 1.48. The van der Waals surface area contributed by atoms with E-state index in [1.165, 1.54) is 112 Å². The molecule has 0 heterocycles. The van der Waals surface area contributed by atoms with Gasteiger partial charge in [-0.25, -0.2) is 4.57 Å². The average Bonchev–Trinajstić information content (AvgIpc) is 2.93. The first-order valence-electron chi connectivity index (χ1n) is 16.4. The minimum absolute atomic E-state index is 0.0378. The van der Waals surface area contributed by atoms with Gasteiger partial charge >= 0.3 is 7.82 Å². The standard InChI is InChI=1S/C33H61INO6P/c1-35(2,3)26-28-40-42(36,37)41-30-33(38-4)29-39-27-20-18-16-14-12-10-8-6-5-7-9-11-13-15-17-19-21-31-22-24-32(34)25-23-31/h22-25,33H,5-21,26-30H2,1-4H3/p+1/i34+4. The van der Waals surface area contributed by atoms with Gasteiger partial charge in [0.25, 0.3) is 0 Å². The van der Waals surface area contributed by atoms with Crippen molar-refractivity contribution in [3.05, 3.63) is 33.4 Å². The Hall–Kier alpha value is -0.0600. The van der Waals surface area contributed by atoms with Gasteiger partial charge in [0.05, 0.1) is 34.4 Å². The van der Waals surface area contributed by atoms with Crippen molar-refractivity contribution in [1.82, 2.24) is 0 Å². The molecule has 9 heteroatoms. The van der Waals surface area contributed by atoms with Crippen molar-refractivity contribution in [2.45, 2.75) is 115 Å². The molecule has 0 amide bonds. The third kappa shape index (κ3) is 25.3. The Balaban J connectivity index is 1.82. The van der Waals surface area contributed by atoms with E-state index < -0.39 is 13.9 Å². The highest BCUT2D eigenvalue weighted by Crippen LogP contribution is 2.43. The fraction of sp³-hybridized carbons (Fsp3) is 0.818. The van der Waals surface area contributed by atoms with Crippen molar-refractivity contribution in [3.63, 3.8) is 0 Å². The molecule has 246 valence electrons. The van der Waals surface area contributed by atoms with E-state index in [2.05, 4.69) is 46.9 Å². The summed E-state index contributed by atoms with van der Waals surface area (Å²) in [5, 5.41) is 0. The summed E-state index contributed by atoms with van der Waals surface area (Å²) in [6.45, 7) is 1.74. The van der Waals surface area contributed by atoms with Crippen LogP contribution in [0.3, 0.4) is 0 Å². The molecule has 0 aromatic heterocycles. The van der Waals surface area contributed by atoms with Crippen molar-refractivity contribution < 1.29 is 32.5 Å². The molecule has 7 nitrogen and oxygen atoms in total. The first kappa shape index (κ1) is 40.0. The molecule has 0 saturated heterocycles. The van der Waals surface area contributed by atoms with Gasteiger partial charge in [-0.05, 0) is 59.5 Å². The predicted molar refractivity (Wildman–Crippen MR) is 183 cm³/mol. The Morgan fingerprint density at radius 2 is 1.19 bits per heavy atom. The topological polar surface area (TPSA) is 74.2 Å². The van der Waals surface area contributed by atoms with Crippen LogP contribution in [0.1, 0.15) is 108 Å². The number of likely N-dealkylation sites (N-methyl/N-ethyl adjacent to an activating group) is 1. The third-order valence-corrected chi connectivity index (χ3v) is 9.20. The summed E-state index contributed by atoms with van der Waals surface area (Å²) in [6.07, 6.45) is 22.2. The SMILES string of the molecule is COC(COCCCCCCCCCCCCCCCCCCc1ccc([131I])cc1)COP(=O)(O)OCC[N+](C)(C)C. The fourth-order valence-corrected chi connectivity index (χ4v) is 5.80. The highest BCUT2D eigenvalue weighted by atomic mass is 131. The molecule has 0 aliphatic rings. The Labute approximate surface area is 271 Å². The highest BCUT2D eigenvalue weighted by Gasteiger charge is 2.24. The quantitative estimate of drug-likeness (QED) is 0.0384. The van der Waals surface area contributed by atoms with Gasteiger partial charge in [-0.15, -0.1) is 0 Å². The highest BCUT2D eigenvalue weighted by molar-refractivity contribution is 14.1. The summed E-state index contributed by atoms with van der Waals surface area (Å²) in [7, 11) is 3.44. The number of aryl methyl sites for hydroxylation is 1. The van der Waals surface area contributed by atoms with E-state index in [0.717, 1.165) is 6.42 Å². The van der Waals surface area contributed by atoms with Crippen LogP contribution in [-0.4, -0.2) is 76.7 Å². The van der Waals surface area contributed by atoms with Gasteiger partial charge in [-0.1, -0.05) is 102 Å². The first-order chi connectivity index (χ1) is 20.1. The lowest BCUT2D eigenvalue weighted by Gasteiger charge is -2.24. The van der Waals surface area contributed by atoms with E-state index in [1.807, 2.05) is 21.1 Å². The van der Waals surface area contributed by atoms with Crippen LogP contribution >= 0.6 is 30.4 Å². The number of nitrogens with zero attached hydrogens (tertiary/aromatic N) is 1. The molecule has 0 bridgehead atoms. The molecule has 0 aliphatic carbocycles. The van der Waals surface area contributed by atoms with Crippen LogP contribution in [0.5, 0.6) is 0 Å². The molecule has 1 N–H and O–H groups in total. The maximum absolute atomic E-state index is 12.0. The molecule has 1 aromatic carbocycles. The number of phosphoric ester groups is 1. The van der Waals surface area contributed by atoms with Crippen LogP contribution in [0, 0.1) is 3.57 Å². The zero-order valence-corrected chi connectivity index (χ0v) is 30.3. The fourth-order valence-electron chi connectivity index (χ4n) is 4.70. The minimum atomic E-state index is -4.08. The second kappa shape index (κ2) is 25.2. The summed E-state index contributed by atoms with van der Waals surface area (Å²) >= 11 is 2.37. The number of ether oxygens (including phenoxy) is 2. The molecule has 2 unspecified atom stereocenters. The van der Waals surface area contributed by atoms with E-state index in [0.29, 0.717) is 24.2 Å². The Morgan fingerprint density at radius 1 is 0.714 bits per heavy atom. The summed E-state index contributed by atoms with van der Waals surface area (Å²) in [4.78, 5) is 9.83.